The summed E-state index contributed by atoms with van der Waals surface area (Å²) in [4.78, 5) is 14.7. The Balaban J connectivity index is 1.70. The normalized spacial score (nSPS) is 16.8. The number of carbonyl (C=O) groups is 1. The number of benzene rings is 1. The van der Waals surface area contributed by atoms with Crippen LogP contribution in [0.5, 0.6) is 5.75 Å². The van der Waals surface area contributed by atoms with Crippen molar-refractivity contribution in [3.05, 3.63) is 29.3 Å². The van der Waals surface area contributed by atoms with Crippen molar-refractivity contribution in [2.24, 2.45) is 0 Å². The van der Waals surface area contributed by atoms with Crippen LogP contribution in [0.3, 0.4) is 0 Å². The molecular weight excluding hydrogens is 308 g/mol. The van der Waals surface area contributed by atoms with Crippen LogP contribution < -0.4 is 9.64 Å². The van der Waals surface area contributed by atoms with E-state index in [0.717, 1.165) is 18.8 Å². The zero-order valence-electron chi connectivity index (χ0n) is 14.9. The number of carbonyl (C=O) groups excluding carboxylic acids is 1. The molecule has 0 bridgehead atoms. The lowest BCUT2D eigenvalue weighted by Crippen LogP contribution is -3.16. The van der Waals surface area contributed by atoms with E-state index in [-0.39, 0.29) is 12.7 Å². The fourth-order valence-corrected chi connectivity index (χ4v) is 2.81. The topological polar surface area (TPSA) is 63.4 Å². The fourth-order valence-electron chi connectivity index (χ4n) is 2.81. The molecule has 1 aromatic carbocycles. The Kier molecular flexibility index (Phi) is 6.87. The monoisotopic (exact) mass is 337 g/mol. The van der Waals surface area contributed by atoms with Crippen LogP contribution in [0.1, 0.15) is 18.1 Å². The lowest BCUT2D eigenvalue weighted by atomic mass is 10.1. The molecule has 1 fully saturated rings. The Morgan fingerprint density at radius 2 is 2.00 bits per heavy atom. The molecule has 1 atom stereocenters. The number of hydrogen-bond acceptors (Lipinski definition) is 4. The van der Waals surface area contributed by atoms with Crippen LogP contribution in [-0.2, 0) is 4.74 Å². The molecular formula is C18H29N2O4+. The highest BCUT2D eigenvalue weighted by atomic mass is 16.6. The van der Waals surface area contributed by atoms with E-state index in [1.807, 2.05) is 32.0 Å². The van der Waals surface area contributed by atoms with E-state index in [4.69, 9.17) is 9.47 Å². The van der Waals surface area contributed by atoms with Crippen LogP contribution >= 0.6 is 0 Å². The van der Waals surface area contributed by atoms with Gasteiger partial charge in [-0.05, 0) is 44.0 Å². The van der Waals surface area contributed by atoms with Gasteiger partial charge in [0, 0.05) is 0 Å². The second-order valence-corrected chi connectivity index (χ2v) is 6.35. The van der Waals surface area contributed by atoms with E-state index in [1.165, 1.54) is 16.0 Å². The number of nitrogens with zero attached hydrogens (tertiary/aromatic N) is 1. The molecule has 0 aliphatic carbocycles. The number of aliphatic hydroxyl groups excluding tert-OH is 1. The molecule has 1 aromatic rings. The lowest BCUT2D eigenvalue weighted by molar-refractivity contribution is -0.907. The maximum atomic E-state index is 11.7. The van der Waals surface area contributed by atoms with Crippen LogP contribution in [0.2, 0.25) is 0 Å². The Labute approximate surface area is 144 Å². The van der Waals surface area contributed by atoms with Gasteiger partial charge in [-0.1, -0.05) is 6.07 Å². The summed E-state index contributed by atoms with van der Waals surface area (Å²) < 4.78 is 10.7. The Morgan fingerprint density at radius 3 is 2.62 bits per heavy atom. The van der Waals surface area contributed by atoms with Crippen molar-refractivity contribution in [3.8, 4) is 5.75 Å². The third-order valence-electron chi connectivity index (χ3n) is 4.44. The summed E-state index contributed by atoms with van der Waals surface area (Å²) in [7, 11) is 0. The van der Waals surface area contributed by atoms with Gasteiger partial charge >= 0.3 is 6.09 Å². The molecule has 24 heavy (non-hydrogen) atoms. The quantitative estimate of drug-likeness (QED) is 0.789. The van der Waals surface area contributed by atoms with Crippen LogP contribution in [0.4, 0.5) is 4.79 Å². The van der Waals surface area contributed by atoms with Gasteiger partial charge in [-0.15, -0.1) is 0 Å². The molecule has 0 spiro atoms. The summed E-state index contributed by atoms with van der Waals surface area (Å²) in [5, 5.41) is 10.2. The summed E-state index contributed by atoms with van der Waals surface area (Å²) in [6.07, 6.45) is -0.758. The number of hydrogen-bond donors (Lipinski definition) is 2. The molecule has 2 N–H and O–H groups in total. The molecule has 2 rings (SSSR count). The molecule has 0 radical (unpaired) electrons. The van der Waals surface area contributed by atoms with Crippen molar-refractivity contribution in [1.29, 1.82) is 0 Å². The van der Waals surface area contributed by atoms with E-state index < -0.39 is 6.10 Å². The van der Waals surface area contributed by atoms with Crippen molar-refractivity contribution in [1.82, 2.24) is 4.90 Å². The van der Waals surface area contributed by atoms with Crippen molar-refractivity contribution >= 4 is 6.09 Å². The minimum Gasteiger partial charge on any atom is -0.491 e. The predicted octanol–water partition coefficient (Wildman–Crippen LogP) is 0.400. The summed E-state index contributed by atoms with van der Waals surface area (Å²) in [6.45, 7) is 10.2. The first kappa shape index (κ1) is 18.5. The maximum absolute atomic E-state index is 11.7. The summed E-state index contributed by atoms with van der Waals surface area (Å²) in [5.74, 6) is 0.791. The molecule has 1 saturated heterocycles. The summed E-state index contributed by atoms with van der Waals surface area (Å²) in [5.41, 5.74) is 2.41. The van der Waals surface area contributed by atoms with Crippen molar-refractivity contribution in [3.63, 3.8) is 0 Å². The minimum atomic E-state index is -0.518. The van der Waals surface area contributed by atoms with Crippen molar-refractivity contribution < 1.29 is 24.3 Å². The molecule has 6 nitrogen and oxygen atoms in total. The Morgan fingerprint density at radius 1 is 1.29 bits per heavy atom. The molecule has 0 unspecified atom stereocenters. The van der Waals surface area contributed by atoms with Crippen molar-refractivity contribution in [2.75, 3.05) is 45.9 Å². The number of nitrogens with one attached hydrogen (secondary N) is 1. The first-order valence-electron chi connectivity index (χ1n) is 8.63. The number of amides is 1. The molecule has 134 valence electrons. The minimum absolute atomic E-state index is 0.241. The number of piperazine rings is 1. The zero-order chi connectivity index (χ0) is 17.5. The first-order chi connectivity index (χ1) is 11.5. The second kappa shape index (κ2) is 8.89. The second-order valence-electron chi connectivity index (χ2n) is 6.35. The Hall–Kier alpha value is -1.79. The van der Waals surface area contributed by atoms with E-state index >= 15 is 0 Å². The molecule has 1 amide bonds. The molecule has 1 heterocycles. The molecule has 0 saturated carbocycles. The lowest BCUT2D eigenvalue weighted by Gasteiger charge is -2.32. The van der Waals surface area contributed by atoms with Gasteiger partial charge in [0.25, 0.3) is 0 Å². The number of aryl methyl sites for hydroxylation is 2. The summed E-state index contributed by atoms with van der Waals surface area (Å²) >= 11 is 0. The van der Waals surface area contributed by atoms with Gasteiger partial charge in [0.05, 0.1) is 32.8 Å². The van der Waals surface area contributed by atoms with Crippen molar-refractivity contribution in [2.45, 2.75) is 26.9 Å². The highest BCUT2D eigenvalue weighted by Crippen LogP contribution is 2.16. The number of rotatable bonds is 6. The third kappa shape index (κ3) is 5.39. The van der Waals surface area contributed by atoms with Crippen LogP contribution in [0.25, 0.3) is 0 Å². The van der Waals surface area contributed by atoms with E-state index in [9.17, 15) is 9.90 Å². The first-order valence-corrected chi connectivity index (χ1v) is 8.63. The molecule has 6 heteroatoms. The zero-order valence-corrected chi connectivity index (χ0v) is 14.9. The number of quaternary nitrogens is 1. The molecule has 0 aromatic heterocycles. The molecule has 1 aliphatic heterocycles. The largest absolute Gasteiger partial charge is 0.491 e. The van der Waals surface area contributed by atoms with Gasteiger partial charge in [-0.25, -0.2) is 4.79 Å². The van der Waals surface area contributed by atoms with Crippen LogP contribution in [-0.4, -0.2) is 68.1 Å². The highest BCUT2D eigenvalue weighted by molar-refractivity contribution is 5.67. The van der Waals surface area contributed by atoms with Gasteiger partial charge in [0.2, 0.25) is 0 Å². The Bertz CT molecular complexity index is 542. The fraction of sp³-hybridized carbons (Fsp3) is 0.611. The van der Waals surface area contributed by atoms with Crippen LogP contribution in [0.15, 0.2) is 18.2 Å². The van der Waals surface area contributed by atoms with Gasteiger partial charge in [0.15, 0.2) is 0 Å². The standard InChI is InChI=1S/C18H28N2O4/c1-4-23-18(22)20-9-7-19(8-10-20)12-16(21)13-24-17-6-5-14(2)15(3)11-17/h5-6,11,16,21H,4,7-10,12-13H2,1-3H3/p+1/t16-/m0/s1. The highest BCUT2D eigenvalue weighted by Gasteiger charge is 2.26. The summed E-state index contributed by atoms with van der Waals surface area (Å²) in [6, 6.07) is 5.95. The van der Waals surface area contributed by atoms with E-state index in [0.29, 0.717) is 26.2 Å². The van der Waals surface area contributed by atoms with Gasteiger partial charge in [-0.3, -0.25) is 4.90 Å². The van der Waals surface area contributed by atoms with Gasteiger partial charge < -0.3 is 19.5 Å². The number of aliphatic hydroxyl groups is 1. The maximum Gasteiger partial charge on any atom is 0.410 e. The van der Waals surface area contributed by atoms with Gasteiger partial charge in [0.1, 0.15) is 25.0 Å². The van der Waals surface area contributed by atoms with Gasteiger partial charge in [-0.2, -0.15) is 0 Å². The number of ether oxygens (including phenoxy) is 2. The van der Waals surface area contributed by atoms with E-state index in [1.54, 1.807) is 4.90 Å². The predicted molar refractivity (Wildman–Crippen MR) is 91.6 cm³/mol. The average molecular weight is 337 g/mol. The smallest absolute Gasteiger partial charge is 0.410 e. The average Bonchev–Trinajstić information content (AvgIpc) is 2.57. The third-order valence-corrected chi connectivity index (χ3v) is 4.44. The van der Waals surface area contributed by atoms with Crippen LogP contribution in [0, 0.1) is 13.8 Å². The van der Waals surface area contributed by atoms with E-state index in [2.05, 4.69) is 6.92 Å². The SMILES string of the molecule is CCOC(=O)N1CC[NH+](C[C@H](O)COc2ccc(C)c(C)c2)CC1. The molecule has 1 aliphatic rings.